The van der Waals surface area contributed by atoms with Crippen LogP contribution in [0.25, 0.3) is 0 Å². The zero-order valence-corrected chi connectivity index (χ0v) is 16.3. The smallest absolute Gasteiger partial charge is 0.260 e. The second-order valence-corrected chi connectivity index (χ2v) is 6.69. The lowest BCUT2D eigenvalue weighted by Crippen LogP contribution is -2.16. The molecular formula is C19H26ClN3O2. The number of hydrogen-bond donors (Lipinski definition) is 1. The van der Waals surface area contributed by atoms with Crippen LogP contribution in [0.1, 0.15) is 54.7 Å². The number of hydrogen-bond acceptors (Lipinski definition) is 3. The number of benzene rings is 1. The van der Waals surface area contributed by atoms with E-state index >= 15 is 0 Å². The summed E-state index contributed by atoms with van der Waals surface area (Å²) >= 11 is 6.18. The van der Waals surface area contributed by atoms with Crippen LogP contribution < -0.4 is 10.1 Å². The van der Waals surface area contributed by atoms with Gasteiger partial charge in [-0.15, -0.1) is 0 Å². The molecule has 0 bridgehead atoms. The maximum Gasteiger partial charge on any atom is 0.260 e. The number of anilines is 1. The Morgan fingerprint density at radius 1 is 1.40 bits per heavy atom. The van der Waals surface area contributed by atoms with Crippen molar-refractivity contribution in [3.05, 3.63) is 40.2 Å². The Balaban J connectivity index is 2.17. The Morgan fingerprint density at radius 2 is 2.12 bits per heavy atom. The Bertz CT molecular complexity index is 755. The molecule has 1 N–H and O–H groups in total. The summed E-state index contributed by atoms with van der Waals surface area (Å²) in [6.07, 6.45) is 3.43. The number of ether oxygens (including phenoxy) is 1. The third-order valence-electron chi connectivity index (χ3n) is 4.20. The summed E-state index contributed by atoms with van der Waals surface area (Å²) < 4.78 is 7.53. The standard InChI is InChI=1S/C19H26ClN3O2/c1-6-7-9-12(2)25-16-11-8-10-15(13(16)3)21-19(24)17-14(4)22-23(5)18(17)20/h8,10-12H,6-7,9H2,1-5H3,(H,21,24). The molecule has 5 nitrogen and oxygen atoms in total. The molecule has 136 valence electrons. The Morgan fingerprint density at radius 3 is 2.72 bits per heavy atom. The van der Waals surface area contributed by atoms with Crippen LogP contribution in [-0.2, 0) is 7.05 Å². The normalized spacial score (nSPS) is 12.1. The van der Waals surface area contributed by atoms with Gasteiger partial charge in [0.15, 0.2) is 0 Å². The molecule has 6 heteroatoms. The van der Waals surface area contributed by atoms with Gasteiger partial charge in [0.2, 0.25) is 0 Å². The van der Waals surface area contributed by atoms with Gasteiger partial charge in [-0.25, -0.2) is 0 Å². The van der Waals surface area contributed by atoms with E-state index < -0.39 is 0 Å². The number of nitrogens with one attached hydrogen (secondary N) is 1. The van der Waals surface area contributed by atoms with Crippen LogP contribution in [0.5, 0.6) is 5.75 Å². The summed E-state index contributed by atoms with van der Waals surface area (Å²) in [6.45, 7) is 7.94. The third-order valence-corrected chi connectivity index (χ3v) is 4.64. The van der Waals surface area contributed by atoms with Gasteiger partial charge in [-0.05, 0) is 39.3 Å². The van der Waals surface area contributed by atoms with Gasteiger partial charge in [-0.2, -0.15) is 5.10 Å². The van der Waals surface area contributed by atoms with Gasteiger partial charge in [0, 0.05) is 18.3 Å². The highest BCUT2D eigenvalue weighted by atomic mass is 35.5. The predicted molar refractivity (Wildman–Crippen MR) is 102 cm³/mol. The van der Waals surface area contributed by atoms with Crippen molar-refractivity contribution in [3.8, 4) is 5.75 Å². The summed E-state index contributed by atoms with van der Waals surface area (Å²) in [5, 5.41) is 7.43. The number of halogens is 1. The highest BCUT2D eigenvalue weighted by Crippen LogP contribution is 2.28. The molecule has 25 heavy (non-hydrogen) atoms. The maximum atomic E-state index is 12.6. The lowest BCUT2D eigenvalue weighted by atomic mass is 10.1. The van der Waals surface area contributed by atoms with E-state index in [1.807, 2.05) is 25.1 Å². The van der Waals surface area contributed by atoms with Crippen molar-refractivity contribution in [1.29, 1.82) is 0 Å². The molecule has 0 saturated carbocycles. The number of unbranched alkanes of at least 4 members (excludes halogenated alkanes) is 1. The van der Waals surface area contributed by atoms with Crippen LogP contribution in [0, 0.1) is 13.8 Å². The Kier molecular flexibility index (Phi) is 6.48. The van der Waals surface area contributed by atoms with E-state index in [1.54, 1.807) is 14.0 Å². The molecule has 0 saturated heterocycles. The minimum absolute atomic E-state index is 0.139. The first kappa shape index (κ1) is 19.3. The van der Waals surface area contributed by atoms with E-state index in [4.69, 9.17) is 16.3 Å². The fraction of sp³-hybridized carbons (Fsp3) is 0.474. The van der Waals surface area contributed by atoms with Crippen molar-refractivity contribution < 1.29 is 9.53 Å². The molecule has 1 unspecified atom stereocenters. The molecule has 1 aromatic heterocycles. The summed E-state index contributed by atoms with van der Waals surface area (Å²) in [4.78, 5) is 12.6. The predicted octanol–water partition coefficient (Wildman–Crippen LogP) is 4.90. The van der Waals surface area contributed by atoms with Crippen LogP contribution in [0.4, 0.5) is 5.69 Å². The SMILES string of the molecule is CCCCC(C)Oc1cccc(NC(=O)c2c(C)nn(C)c2Cl)c1C. The van der Waals surface area contributed by atoms with E-state index in [1.165, 1.54) is 4.68 Å². The van der Waals surface area contributed by atoms with Gasteiger partial charge in [0.1, 0.15) is 10.9 Å². The maximum absolute atomic E-state index is 12.6. The van der Waals surface area contributed by atoms with Crippen LogP contribution in [-0.4, -0.2) is 21.8 Å². The van der Waals surface area contributed by atoms with Gasteiger partial charge >= 0.3 is 0 Å². The Labute approximate surface area is 154 Å². The van der Waals surface area contributed by atoms with Crippen molar-refractivity contribution >= 4 is 23.2 Å². The molecule has 0 radical (unpaired) electrons. The fourth-order valence-electron chi connectivity index (χ4n) is 2.72. The molecule has 1 atom stereocenters. The minimum atomic E-state index is -0.269. The van der Waals surface area contributed by atoms with Crippen LogP contribution in [0.15, 0.2) is 18.2 Å². The molecule has 1 amide bonds. The van der Waals surface area contributed by atoms with Gasteiger partial charge in [0.05, 0.1) is 17.4 Å². The van der Waals surface area contributed by atoms with Gasteiger partial charge in [-0.3, -0.25) is 9.48 Å². The van der Waals surface area contributed by atoms with Crippen molar-refractivity contribution in [2.24, 2.45) is 7.05 Å². The monoisotopic (exact) mass is 363 g/mol. The van der Waals surface area contributed by atoms with Crippen molar-refractivity contribution in [3.63, 3.8) is 0 Å². The third kappa shape index (κ3) is 4.54. The van der Waals surface area contributed by atoms with E-state index in [2.05, 4.69) is 24.3 Å². The quantitative estimate of drug-likeness (QED) is 0.761. The summed E-state index contributed by atoms with van der Waals surface area (Å²) in [5.41, 5.74) is 2.61. The largest absolute Gasteiger partial charge is 0.490 e. The van der Waals surface area contributed by atoms with Crippen molar-refractivity contribution in [1.82, 2.24) is 9.78 Å². The number of aryl methyl sites for hydroxylation is 2. The average Bonchev–Trinajstić information content (AvgIpc) is 2.81. The molecule has 0 spiro atoms. The van der Waals surface area contributed by atoms with Crippen LogP contribution >= 0.6 is 11.6 Å². The lowest BCUT2D eigenvalue weighted by molar-refractivity contribution is 0.102. The number of aromatic nitrogens is 2. The fourth-order valence-corrected chi connectivity index (χ4v) is 2.98. The molecule has 0 aliphatic heterocycles. The van der Waals surface area contributed by atoms with Crippen molar-refractivity contribution in [2.75, 3.05) is 5.32 Å². The van der Waals surface area contributed by atoms with E-state index in [-0.39, 0.29) is 12.0 Å². The minimum Gasteiger partial charge on any atom is -0.490 e. The lowest BCUT2D eigenvalue weighted by Gasteiger charge is -2.18. The summed E-state index contributed by atoms with van der Waals surface area (Å²) in [5.74, 6) is 0.519. The second kappa shape index (κ2) is 8.39. The zero-order chi connectivity index (χ0) is 18.6. The second-order valence-electron chi connectivity index (χ2n) is 6.33. The number of amides is 1. The number of carbonyl (C=O) groups is 1. The van der Waals surface area contributed by atoms with Crippen LogP contribution in [0.3, 0.4) is 0 Å². The first-order valence-corrected chi connectivity index (χ1v) is 8.99. The highest BCUT2D eigenvalue weighted by Gasteiger charge is 2.20. The molecule has 1 aromatic carbocycles. The molecular weight excluding hydrogens is 338 g/mol. The number of rotatable bonds is 7. The molecule has 0 aliphatic rings. The molecule has 2 aromatic rings. The zero-order valence-electron chi connectivity index (χ0n) is 15.5. The summed E-state index contributed by atoms with van der Waals surface area (Å²) in [7, 11) is 1.71. The molecule has 2 rings (SSSR count). The van der Waals surface area contributed by atoms with E-state index in [0.717, 1.165) is 30.6 Å². The van der Waals surface area contributed by atoms with Crippen molar-refractivity contribution in [2.45, 2.75) is 53.1 Å². The number of nitrogens with zero attached hydrogens (tertiary/aromatic N) is 2. The Hall–Kier alpha value is -2.01. The molecule has 0 fully saturated rings. The van der Waals surface area contributed by atoms with Gasteiger partial charge < -0.3 is 10.1 Å². The first-order valence-electron chi connectivity index (χ1n) is 8.61. The van der Waals surface area contributed by atoms with E-state index in [9.17, 15) is 4.79 Å². The van der Waals surface area contributed by atoms with E-state index in [0.29, 0.717) is 22.1 Å². The van der Waals surface area contributed by atoms with Gasteiger partial charge in [0.25, 0.3) is 5.91 Å². The highest BCUT2D eigenvalue weighted by molar-refractivity contribution is 6.33. The molecule has 0 aliphatic carbocycles. The first-order chi connectivity index (χ1) is 11.8. The summed E-state index contributed by atoms with van der Waals surface area (Å²) in [6, 6.07) is 5.66. The number of carbonyl (C=O) groups excluding carboxylic acids is 1. The average molecular weight is 364 g/mol. The molecule has 1 heterocycles. The van der Waals surface area contributed by atoms with Crippen LogP contribution in [0.2, 0.25) is 5.15 Å². The topological polar surface area (TPSA) is 56.1 Å². The van der Waals surface area contributed by atoms with Gasteiger partial charge in [-0.1, -0.05) is 37.4 Å².